The Bertz CT molecular complexity index is 758. The van der Waals surface area contributed by atoms with E-state index >= 15 is 0 Å². The van der Waals surface area contributed by atoms with Crippen LogP contribution in [-0.2, 0) is 5.54 Å². The smallest absolute Gasteiger partial charge is 0.269 e. The van der Waals surface area contributed by atoms with Crippen LogP contribution in [0.1, 0.15) is 33.6 Å². The van der Waals surface area contributed by atoms with Crippen molar-refractivity contribution >= 4 is 22.9 Å². The van der Waals surface area contributed by atoms with Crippen molar-refractivity contribution in [2.75, 3.05) is 4.90 Å². The summed E-state index contributed by atoms with van der Waals surface area (Å²) in [5.74, 6) is -0.277. The summed E-state index contributed by atoms with van der Waals surface area (Å²) in [6, 6.07) is 12.1. The molecule has 3 heterocycles. The van der Waals surface area contributed by atoms with Crippen LogP contribution < -0.4 is 4.90 Å². The molecule has 4 heteroatoms. The number of nitrogens with zero attached hydrogens (tertiary/aromatic N) is 2. The number of carbonyl (C=O) groups excluding carboxylic acids is 1. The van der Waals surface area contributed by atoms with E-state index in [1.54, 1.807) is 4.90 Å². The molecule has 92 valence electrons. The summed E-state index contributed by atoms with van der Waals surface area (Å²) in [5, 5.41) is 11.5. The average molecular weight is 266 g/mol. The van der Waals surface area contributed by atoms with Gasteiger partial charge in [-0.2, -0.15) is 5.26 Å². The van der Waals surface area contributed by atoms with Gasteiger partial charge in [0.25, 0.3) is 5.91 Å². The molecule has 1 aromatic heterocycles. The highest BCUT2D eigenvalue weighted by Crippen LogP contribution is 2.58. The number of rotatable bonds is 0. The minimum Gasteiger partial charge on any atom is -0.296 e. The van der Waals surface area contributed by atoms with E-state index < -0.39 is 5.54 Å². The van der Waals surface area contributed by atoms with Gasteiger partial charge < -0.3 is 0 Å². The summed E-state index contributed by atoms with van der Waals surface area (Å²) in [4.78, 5) is 15.2. The van der Waals surface area contributed by atoms with Gasteiger partial charge in [-0.25, -0.2) is 0 Å². The van der Waals surface area contributed by atoms with Gasteiger partial charge in [0.05, 0.1) is 16.5 Å². The van der Waals surface area contributed by atoms with Gasteiger partial charge in [0, 0.05) is 11.3 Å². The van der Waals surface area contributed by atoms with Gasteiger partial charge in [0.2, 0.25) is 0 Å². The Balaban J connectivity index is 2.08. The zero-order valence-corrected chi connectivity index (χ0v) is 11.1. The van der Waals surface area contributed by atoms with Crippen LogP contribution in [0.2, 0.25) is 0 Å². The van der Waals surface area contributed by atoms with Crippen LogP contribution in [0.4, 0.5) is 5.69 Å². The number of para-hydroxylation sites is 1. The van der Waals surface area contributed by atoms with Crippen LogP contribution in [0.3, 0.4) is 0 Å². The first-order valence-electron chi connectivity index (χ1n) is 6.10. The SMILES string of the molecule is C[C@@]12c3ccsc3C(=O)N1c1ccccc1[C@@H]2C#N. The van der Waals surface area contributed by atoms with Crippen LogP contribution in [0.25, 0.3) is 0 Å². The molecule has 1 amide bonds. The van der Waals surface area contributed by atoms with E-state index in [-0.39, 0.29) is 11.8 Å². The number of anilines is 1. The van der Waals surface area contributed by atoms with Crippen molar-refractivity contribution < 1.29 is 4.79 Å². The Morgan fingerprint density at radius 2 is 2.16 bits per heavy atom. The highest BCUT2D eigenvalue weighted by Gasteiger charge is 2.58. The molecule has 0 saturated carbocycles. The predicted octanol–water partition coefficient (Wildman–Crippen LogP) is 3.24. The lowest BCUT2D eigenvalue weighted by molar-refractivity contribution is 0.0985. The van der Waals surface area contributed by atoms with Gasteiger partial charge in [-0.15, -0.1) is 11.3 Å². The van der Waals surface area contributed by atoms with Crippen LogP contribution >= 0.6 is 11.3 Å². The topological polar surface area (TPSA) is 44.1 Å². The van der Waals surface area contributed by atoms with Crippen molar-refractivity contribution in [1.82, 2.24) is 0 Å². The van der Waals surface area contributed by atoms with Crippen molar-refractivity contribution in [1.29, 1.82) is 5.26 Å². The van der Waals surface area contributed by atoms with Crippen LogP contribution in [-0.4, -0.2) is 5.91 Å². The summed E-state index contributed by atoms with van der Waals surface area (Å²) >= 11 is 1.46. The Labute approximate surface area is 114 Å². The summed E-state index contributed by atoms with van der Waals surface area (Å²) < 4.78 is 0. The molecule has 1 aromatic carbocycles. The molecule has 2 aliphatic rings. The van der Waals surface area contributed by atoms with Gasteiger partial charge in [0.15, 0.2) is 0 Å². The molecule has 0 N–H and O–H groups in total. The summed E-state index contributed by atoms with van der Waals surface area (Å²) in [6.45, 7) is 2.00. The van der Waals surface area contributed by atoms with E-state index in [4.69, 9.17) is 0 Å². The van der Waals surface area contributed by atoms with Gasteiger partial charge >= 0.3 is 0 Å². The van der Waals surface area contributed by atoms with Crippen molar-refractivity contribution in [2.45, 2.75) is 18.4 Å². The van der Waals surface area contributed by atoms with Crippen LogP contribution in [0.5, 0.6) is 0 Å². The van der Waals surface area contributed by atoms with E-state index in [1.807, 2.05) is 42.6 Å². The average Bonchev–Trinajstić information content (AvgIpc) is 3.03. The zero-order valence-electron chi connectivity index (χ0n) is 10.3. The molecule has 0 unspecified atom stereocenters. The third-order valence-electron chi connectivity index (χ3n) is 4.25. The third kappa shape index (κ3) is 1.02. The molecule has 19 heavy (non-hydrogen) atoms. The number of fused-ring (bicyclic) bond motifs is 5. The lowest BCUT2D eigenvalue weighted by Gasteiger charge is -2.31. The predicted molar refractivity (Wildman–Crippen MR) is 73.3 cm³/mol. The van der Waals surface area contributed by atoms with Crippen LogP contribution in [0.15, 0.2) is 35.7 Å². The first-order valence-corrected chi connectivity index (χ1v) is 6.98. The highest BCUT2D eigenvalue weighted by atomic mass is 32.1. The second-order valence-electron chi connectivity index (χ2n) is 5.07. The largest absolute Gasteiger partial charge is 0.296 e. The lowest BCUT2D eigenvalue weighted by atomic mass is 9.81. The van der Waals surface area contributed by atoms with Crippen molar-refractivity contribution in [3.63, 3.8) is 0 Å². The Hall–Kier alpha value is -2.12. The second kappa shape index (κ2) is 3.25. The molecule has 0 radical (unpaired) electrons. The third-order valence-corrected chi connectivity index (χ3v) is 5.15. The summed E-state index contributed by atoms with van der Waals surface area (Å²) in [7, 11) is 0. The van der Waals surface area contributed by atoms with Crippen LogP contribution in [0, 0.1) is 11.3 Å². The van der Waals surface area contributed by atoms with E-state index in [9.17, 15) is 10.1 Å². The van der Waals surface area contributed by atoms with Crippen molar-refractivity contribution in [3.05, 3.63) is 51.7 Å². The molecule has 0 aliphatic carbocycles. The Kier molecular flexibility index (Phi) is 1.84. The Morgan fingerprint density at radius 3 is 2.95 bits per heavy atom. The number of hydrogen-bond donors (Lipinski definition) is 0. The fourth-order valence-corrected chi connectivity index (χ4v) is 4.32. The van der Waals surface area contributed by atoms with E-state index in [2.05, 4.69) is 6.07 Å². The molecule has 0 fully saturated rings. The second-order valence-corrected chi connectivity index (χ2v) is 5.99. The first-order chi connectivity index (χ1) is 9.19. The van der Waals surface area contributed by atoms with Gasteiger partial charge in [-0.3, -0.25) is 9.69 Å². The number of carbonyl (C=O) groups is 1. The van der Waals surface area contributed by atoms with E-state index in [0.29, 0.717) is 0 Å². The fourth-order valence-electron chi connectivity index (χ4n) is 3.38. The summed E-state index contributed by atoms with van der Waals surface area (Å²) in [5.41, 5.74) is 2.28. The monoisotopic (exact) mass is 266 g/mol. The van der Waals surface area contributed by atoms with Gasteiger partial charge in [0.1, 0.15) is 5.92 Å². The molecule has 4 rings (SSSR count). The molecule has 0 bridgehead atoms. The van der Waals surface area contributed by atoms with Crippen molar-refractivity contribution in [2.24, 2.45) is 0 Å². The highest BCUT2D eigenvalue weighted by molar-refractivity contribution is 7.12. The minimum atomic E-state index is -0.551. The maximum absolute atomic E-state index is 12.6. The maximum Gasteiger partial charge on any atom is 0.269 e. The zero-order chi connectivity index (χ0) is 13.2. The standard InChI is InChI=1S/C15H10N2OS/c1-15-10-6-7-19-13(10)14(18)17(15)12-5-3-2-4-9(12)11(15)8-16/h2-7,11H,1H3/t11-,15-/m0/s1. The minimum absolute atomic E-state index is 0.0256. The number of amides is 1. The molecule has 2 atom stereocenters. The number of nitriles is 1. The Morgan fingerprint density at radius 1 is 1.37 bits per heavy atom. The van der Waals surface area contributed by atoms with Crippen molar-refractivity contribution in [3.8, 4) is 6.07 Å². The lowest BCUT2D eigenvalue weighted by Crippen LogP contribution is -2.40. The molecular weight excluding hydrogens is 256 g/mol. The van der Waals surface area contributed by atoms with E-state index in [1.165, 1.54) is 11.3 Å². The van der Waals surface area contributed by atoms with Gasteiger partial charge in [-0.1, -0.05) is 18.2 Å². The molecule has 2 aromatic rings. The summed E-state index contributed by atoms with van der Waals surface area (Å²) in [6.07, 6.45) is 0. The van der Waals surface area contributed by atoms with Gasteiger partial charge in [-0.05, 0) is 30.0 Å². The molecule has 0 spiro atoms. The fraction of sp³-hybridized carbons (Fsp3) is 0.200. The number of thiophene rings is 1. The molecule has 0 saturated heterocycles. The molecule has 2 aliphatic heterocycles. The quantitative estimate of drug-likeness (QED) is 0.734. The number of hydrogen-bond acceptors (Lipinski definition) is 3. The molecule has 3 nitrogen and oxygen atoms in total. The maximum atomic E-state index is 12.6. The number of benzene rings is 1. The van der Waals surface area contributed by atoms with E-state index in [0.717, 1.165) is 21.7 Å². The molecular formula is C15H10N2OS. The first kappa shape index (κ1) is 10.8. The normalized spacial score (nSPS) is 26.8.